The van der Waals surface area contributed by atoms with Crippen LogP contribution >= 0.6 is 0 Å². The zero-order valence-electron chi connectivity index (χ0n) is 11.5. The van der Waals surface area contributed by atoms with Crippen LogP contribution in [0, 0.1) is 5.92 Å². The molecule has 0 spiro atoms. The van der Waals surface area contributed by atoms with Crippen molar-refractivity contribution < 1.29 is 13.5 Å². The van der Waals surface area contributed by atoms with Gasteiger partial charge in [0.15, 0.2) is 0 Å². The van der Waals surface area contributed by atoms with Gasteiger partial charge in [0.1, 0.15) is 0 Å². The first-order chi connectivity index (χ1) is 8.95. The molecule has 1 rings (SSSR count). The molecule has 0 aliphatic carbocycles. The van der Waals surface area contributed by atoms with Crippen molar-refractivity contribution >= 4 is 10.0 Å². The zero-order chi connectivity index (χ0) is 14.5. The van der Waals surface area contributed by atoms with Gasteiger partial charge in [0.2, 0.25) is 10.0 Å². The highest BCUT2D eigenvalue weighted by Crippen LogP contribution is 2.33. The molecule has 0 heterocycles. The van der Waals surface area contributed by atoms with E-state index in [0.717, 1.165) is 19.3 Å². The summed E-state index contributed by atoms with van der Waals surface area (Å²) in [6.45, 7) is 4.08. The maximum atomic E-state index is 11.6. The van der Waals surface area contributed by atoms with Crippen LogP contribution in [0.3, 0.4) is 0 Å². The molecule has 4 nitrogen and oxygen atoms in total. The number of nitrogens with two attached hydrogens (primary N) is 1. The summed E-state index contributed by atoms with van der Waals surface area (Å²) in [6.07, 6.45) is 2.87. The first-order valence-corrected chi connectivity index (χ1v) is 8.22. The van der Waals surface area contributed by atoms with Crippen LogP contribution in [0.25, 0.3) is 0 Å². The molecule has 0 saturated carbocycles. The Morgan fingerprint density at radius 3 is 2.37 bits per heavy atom. The van der Waals surface area contributed by atoms with Crippen LogP contribution < -0.4 is 5.14 Å². The van der Waals surface area contributed by atoms with E-state index in [0.29, 0.717) is 5.56 Å². The third kappa shape index (κ3) is 4.03. The average Bonchev–Trinajstić information content (AvgIpc) is 2.38. The lowest BCUT2D eigenvalue weighted by atomic mass is 9.82. The van der Waals surface area contributed by atoms with Gasteiger partial charge in [-0.15, -0.1) is 0 Å². The molecule has 0 amide bonds. The van der Waals surface area contributed by atoms with Gasteiger partial charge in [-0.3, -0.25) is 0 Å². The van der Waals surface area contributed by atoms with E-state index < -0.39 is 10.0 Å². The van der Waals surface area contributed by atoms with Gasteiger partial charge in [-0.05, 0) is 17.5 Å². The second kappa shape index (κ2) is 7.03. The second-order valence-electron chi connectivity index (χ2n) is 4.83. The molecular weight excluding hydrogens is 262 g/mol. The fourth-order valence-electron chi connectivity index (χ4n) is 2.61. The predicted octanol–water partition coefficient (Wildman–Crippen LogP) is 2.24. The summed E-state index contributed by atoms with van der Waals surface area (Å²) in [4.78, 5) is 0.128. The molecule has 0 aromatic heterocycles. The number of aliphatic hydroxyl groups is 1. The highest BCUT2D eigenvalue weighted by molar-refractivity contribution is 7.89. The Balaban J connectivity index is 3.25. The molecule has 0 fully saturated rings. The Morgan fingerprint density at radius 2 is 1.89 bits per heavy atom. The van der Waals surface area contributed by atoms with Gasteiger partial charge in [-0.25, -0.2) is 13.6 Å². The van der Waals surface area contributed by atoms with Gasteiger partial charge in [-0.2, -0.15) is 0 Å². The fourth-order valence-corrected chi connectivity index (χ4v) is 3.42. The molecule has 19 heavy (non-hydrogen) atoms. The first-order valence-electron chi connectivity index (χ1n) is 6.68. The molecular formula is C14H23NO3S. The number of sulfonamides is 1. The predicted molar refractivity (Wildman–Crippen MR) is 76.3 cm³/mol. The maximum absolute atomic E-state index is 11.6. The highest BCUT2D eigenvalue weighted by Gasteiger charge is 2.25. The normalized spacial score (nSPS) is 15.2. The number of benzene rings is 1. The van der Waals surface area contributed by atoms with E-state index in [1.165, 1.54) is 6.07 Å². The Morgan fingerprint density at radius 1 is 1.26 bits per heavy atom. The van der Waals surface area contributed by atoms with Gasteiger partial charge < -0.3 is 5.11 Å². The molecule has 0 unspecified atom stereocenters. The van der Waals surface area contributed by atoms with Crippen LogP contribution in [0.4, 0.5) is 0 Å². The highest BCUT2D eigenvalue weighted by atomic mass is 32.2. The number of primary sulfonamides is 1. The molecule has 0 saturated heterocycles. The lowest BCUT2D eigenvalue weighted by Gasteiger charge is -2.26. The minimum Gasteiger partial charge on any atom is -0.396 e. The van der Waals surface area contributed by atoms with E-state index in [1.807, 2.05) is 0 Å². The Hall–Kier alpha value is -0.910. The third-order valence-electron chi connectivity index (χ3n) is 3.57. The van der Waals surface area contributed by atoms with Crippen LogP contribution in [-0.4, -0.2) is 20.1 Å². The Bertz CT molecular complexity index is 499. The largest absolute Gasteiger partial charge is 0.396 e. The zero-order valence-corrected chi connectivity index (χ0v) is 12.4. The van der Waals surface area contributed by atoms with Crippen LogP contribution in [0.15, 0.2) is 29.2 Å². The summed E-state index contributed by atoms with van der Waals surface area (Å²) in [6, 6.07) is 6.69. The van der Waals surface area contributed by atoms with E-state index in [2.05, 4.69) is 13.8 Å². The number of aliphatic hydroxyl groups excluding tert-OH is 1. The topological polar surface area (TPSA) is 80.4 Å². The smallest absolute Gasteiger partial charge is 0.238 e. The Labute approximate surface area is 115 Å². The van der Waals surface area contributed by atoms with Crippen LogP contribution in [-0.2, 0) is 10.0 Å². The van der Waals surface area contributed by atoms with E-state index in [9.17, 15) is 13.5 Å². The lowest BCUT2D eigenvalue weighted by molar-refractivity contribution is 0.213. The summed E-state index contributed by atoms with van der Waals surface area (Å²) in [7, 11) is -3.76. The van der Waals surface area contributed by atoms with E-state index >= 15 is 0 Å². The molecule has 0 aliphatic rings. The molecule has 5 heteroatoms. The standard InChI is InChI=1S/C14H23NO3S/c1-3-7-11(4-2)13(10-16)12-8-5-6-9-14(12)19(15,17)18/h5-6,8-9,11,13,16H,3-4,7,10H2,1-2H3,(H2,15,17,18)/t11-,13-/m0/s1. The summed E-state index contributed by atoms with van der Waals surface area (Å²) < 4.78 is 23.3. The van der Waals surface area contributed by atoms with Gasteiger partial charge in [0.25, 0.3) is 0 Å². The van der Waals surface area contributed by atoms with E-state index in [1.54, 1.807) is 18.2 Å². The van der Waals surface area contributed by atoms with E-state index in [4.69, 9.17) is 5.14 Å². The summed E-state index contributed by atoms with van der Waals surface area (Å²) in [5, 5.41) is 14.9. The SMILES string of the molecule is CCC[C@H](CC)[C@H](CO)c1ccccc1S(N)(=O)=O. The lowest BCUT2D eigenvalue weighted by Crippen LogP contribution is -2.21. The van der Waals surface area contributed by atoms with E-state index in [-0.39, 0.29) is 23.3 Å². The monoisotopic (exact) mass is 285 g/mol. The minimum absolute atomic E-state index is 0.0644. The molecule has 0 bridgehead atoms. The third-order valence-corrected chi connectivity index (χ3v) is 4.56. The fraction of sp³-hybridized carbons (Fsp3) is 0.571. The van der Waals surface area contributed by atoms with Crippen LogP contribution in [0.1, 0.15) is 44.6 Å². The van der Waals surface area contributed by atoms with Crippen molar-refractivity contribution in [2.24, 2.45) is 11.1 Å². The summed E-state index contributed by atoms with van der Waals surface area (Å²) in [5.74, 6) is 0.0809. The van der Waals surface area contributed by atoms with Crippen molar-refractivity contribution in [3.05, 3.63) is 29.8 Å². The first kappa shape index (κ1) is 16.1. The van der Waals surface area contributed by atoms with Crippen molar-refractivity contribution in [2.45, 2.75) is 43.9 Å². The van der Waals surface area contributed by atoms with Crippen molar-refractivity contribution in [1.82, 2.24) is 0 Å². The molecule has 0 aliphatic heterocycles. The average molecular weight is 285 g/mol. The maximum Gasteiger partial charge on any atom is 0.238 e. The molecule has 0 radical (unpaired) electrons. The molecule has 2 atom stereocenters. The molecule has 1 aromatic carbocycles. The van der Waals surface area contributed by atoms with Gasteiger partial charge >= 0.3 is 0 Å². The molecule has 1 aromatic rings. The quantitative estimate of drug-likeness (QED) is 0.806. The summed E-state index contributed by atoms with van der Waals surface area (Å²) >= 11 is 0. The van der Waals surface area contributed by atoms with Crippen LogP contribution in [0.2, 0.25) is 0 Å². The van der Waals surface area contributed by atoms with Gasteiger partial charge in [0.05, 0.1) is 11.5 Å². The molecule has 3 N–H and O–H groups in total. The van der Waals surface area contributed by atoms with Crippen molar-refractivity contribution in [1.29, 1.82) is 0 Å². The van der Waals surface area contributed by atoms with Gasteiger partial charge in [0, 0.05) is 5.92 Å². The Kier molecular flexibility index (Phi) is 5.97. The number of rotatable bonds is 7. The summed E-state index contributed by atoms with van der Waals surface area (Å²) in [5.41, 5.74) is 0.632. The van der Waals surface area contributed by atoms with Crippen molar-refractivity contribution in [3.63, 3.8) is 0 Å². The second-order valence-corrected chi connectivity index (χ2v) is 6.36. The van der Waals surface area contributed by atoms with Crippen molar-refractivity contribution in [3.8, 4) is 0 Å². The van der Waals surface area contributed by atoms with Crippen LogP contribution in [0.5, 0.6) is 0 Å². The minimum atomic E-state index is -3.76. The van der Waals surface area contributed by atoms with Gasteiger partial charge in [-0.1, -0.05) is 51.3 Å². The van der Waals surface area contributed by atoms with Crippen molar-refractivity contribution in [2.75, 3.05) is 6.61 Å². The number of hydrogen-bond donors (Lipinski definition) is 2. The molecule has 108 valence electrons. The number of hydrogen-bond acceptors (Lipinski definition) is 3.